The summed E-state index contributed by atoms with van der Waals surface area (Å²) in [7, 11) is 0. The lowest BCUT2D eigenvalue weighted by atomic mass is 9.96. The number of thiophene rings is 2. The molecule has 1 N–H and O–H groups in total. The Kier molecular flexibility index (Phi) is 4.68. The van der Waals surface area contributed by atoms with Crippen LogP contribution < -0.4 is 5.32 Å². The van der Waals surface area contributed by atoms with E-state index < -0.39 is 0 Å². The number of nitrogens with zero attached hydrogens (tertiary/aromatic N) is 1. The van der Waals surface area contributed by atoms with Gasteiger partial charge in [-0.2, -0.15) is 0 Å². The Balaban J connectivity index is 1.91. The Hall–Kier alpha value is -1.23. The molecule has 0 aromatic carbocycles. The molecule has 0 aliphatic heterocycles. The first-order chi connectivity index (χ1) is 10.3. The van der Waals surface area contributed by atoms with Crippen LogP contribution >= 0.6 is 22.7 Å². The smallest absolute Gasteiger partial charge is 0.0497 e. The first-order valence-corrected chi connectivity index (χ1v) is 9.10. The van der Waals surface area contributed by atoms with Crippen LogP contribution in [0.1, 0.15) is 42.8 Å². The van der Waals surface area contributed by atoms with E-state index in [1.807, 2.05) is 34.9 Å². The third-order valence-electron chi connectivity index (χ3n) is 3.73. The fourth-order valence-electron chi connectivity index (χ4n) is 2.58. The van der Waals surface area contributed by atoms with E-state index in [1.165, 1.54) is 14.3 Å². The van der Waals surface area contributed by atoms with Gasteiger partial charge >= 0.3 is 0 Å². The van der Waals surface area contributed by atoms with Gasteiger partial charge in [0.1, 0.15) is 0 Å². The van der Waals surface area contributed by atoms with Crippen LogP contribution in [0.3, 0.4) is 0 Å². The largest absolute Gasteiger partial charge is 0.309 e. The monoisotopic (exact) mass is 316 g/mol. The summed E-state index contributed by atoms with van der Waals surface area (Å²) in [6, 6.07) is 11.1. The van der Waals surface area contributed by atoms with Gasteiger partial charge in [-0.15, -0.1) is 22.7 Å². The zero-order chi connectivity index (χ0) is 14.7. The van der Waals surface area contributed by atoms with Crippen molar-refractivity contribution in [2.24, 2.45) is 0 Å². The topological polar surface area (TPSA) is 24.9 Å². The summed E-state index contributed by atoms with van der Waals surface area (Å²) in [6.45, 7) is 5.51. The summed E-state index contributed by atoms with van der Waals surface area (Å²) >= 11 is 3.73. The van der Waals surface area contributed by atoms with Gasteiger partial charge in [0.2, 0.25) is 0 Å². The molecule has 0 aliphatic rings. The molecule has 0 bridgehead atoms. The highest BCUT2D eigenvalue weighted by Crippen LogP contribution is 2.38. The molecule has 0 saturated heterocycles. The van der Waals surface area contributed by atoms with Crippen molar-refractivity contribution in [2.75, 3.05) is 6.54 Å². The van der Waals surface area contributed by atoms with Crippen molar-refractivity contribution in [1.29, 1.82) is 0 Å². The summed E-state index contributed by atoms with van der Waals surface area (Å²) < 4.78 is 2.79. The van der Waals surface area contributed by atoms with E-state index in [9.17, 15) is 0 Å². The molecule has 2 unspecified atom stereocenters. The van der Waals surface area contributed by atoms with Crippen molar-refractivity contribution in [3.05, 3.63) is 52.5 Å². The normalized spacial score (nSPS) is 14.4. The number of rotatable bonds is 6. The Bertz CT molecular complexity index is 658. The number of aromatic nitrogens is 1. The van der Waals surface area contributed by atoms with Gasteiger partial charge in [0.15, 0.2) is 0 Å². The zero-order valence-electron chi connectivity index (χ0n) is 12.4. The average Bonchev–Trinajstić information content (AvgIpc) is 3.10. The van der Waals surface area contributed by atoms with Crippen LogP contribution in [0, 0.1) is 0 Å². The first kappa shape index (κ1) is 14.7. The summed E-state index contributed by atoms with van der Waals surface area (Å²) in [5.74, 6) is 0.366. The molecule has 2 atom stereocenters. The Labute approximate surface area is 133 Å². The van der Waals surface area contributed by atoms with E-state index in [2.05, 4.69) is 53.8 Å². The molecular weight excluding hydrogens is 296 g/mol. The quantitative estimate of drug-likeness (QED) is 0.676. The molecule has 3 aromatic heterocycles. The first-order valence-electron chi connectivity index (χ1n) is 7.41. The lowest BCUT2D eigenvalue weighted by Crippen LogP contribution is -2.26. The van der Waals surface area contributed by atoms with Gasteiger partial charge in [0, 0.05) is 38.1 Å². The molecule has 4 heteroatoms. The maximum atomic E-state index is 4.54. The standard InChI is InChI=1S/C17H20N2S2/c1-3-8-19-17(12(2)13-6-4-5-9-18-13)16-11-15-14(21-16)7-10-20-15/h4-7,9-12,17,19H,3,8H2,1-2H3. The highest BCUT2D eigenvalue weighted by atomic mass is 32.1. The lowest BCUT2D eigenvalue weighted by Gasteiger charge is -2.24. The minimum absolute atomic E-state index is 0.337. The molecule has 0 aliphatic carbocycles. The Morgan fingerprint density at radius 3 is 2.86 bits per heavy atom. The van der Waals surface area contributed by atoms with Crippen LogP contribution in [0.2, 0.25) is 0 Å². The molecule has 3 heterocycles. The maximum absolute atomic E-state index is 4.54. The summed E-state index contributed by atoms with van der Waals surface area (Å²) in [5, 5.41) is 5.88. The van der Waals surface area contributed by atoms with Crippen LogP contribution in [0.4, 0.5) is 0 Å². The van der Waals surface area contributed by atoms with Crippen LogP contribution in [0.15, 0.2) is 41.9 Å². The molecule has 0 saturated carbocycles. The van der Waals surface area contributed by atoms with E-state index in [1.54, 1.807) is 0 Å². The summed E-state index contributed by atoms with van der Waals surface area (Å²) in [6.07, 6.45) is 3.03. The molecule has 0 amide bonds. The highest BCUT2D eigenvalue weighted by Gasteiger charge is 2.23. The van der Waals surface area contributed by atoms with Crippen LogP contribution in [0.5, 0.6) is 0 Å². The SMILES string of the molecule is CCCNC(c1cc2sccc2s1)C(C)c1ccccn1. The number of nitrogens with one attached hydrogen (secondary N) is 1. The maximum Gasteiger partial charge on any atom is 0.0497 e. The molecule has 3 aromatic rings. The van der Waals surface area contributed by atoms with E-state index in [4.69, 9.17) is 0 Å². The molecule has 2 nitrogen and oxygen atoms in total. The van der Waals surface area contributed by atoms with Crippen molar-refractivity contribution < 1.29 is 0 Å². The number of fused-ring (bicyclic) bond motifs is 1. The van der Waals surface area contributed by atoms with Gasteiger partial charge < -0.3 is 5.32 Å². The van der Waals surface area contributed by atoms with Crippen LogP contribution in [0.25, 0.3) is 9.40 Å². The molecular formula is C17H20N2S2. The van der Waals surface area contributed by atoms with Crippen molar-refractivity contribution in [3.8, 4) is 0 Å². The molecule has 3 rings (SSSR count). The zero-order valence-corrected chi connectivity index (χ0v) is 14.0. The number of pyridine rings is 1. The third kappa shape index (κ3) is 3.18. The summed E-state index contributed by atoms with van der Waals surface area (Å²) in [4.78, 5) is 5.96. The molecule has 0 fully saturated rings. The lowest BCUT2D eigenvalue weighted by molar-refractivity contribution is 0.466. The molecule has 0 spiro atoms. The van der Waals surface area contributed by atoms with E-state index in [0.29, 0.717) is 12.0 Å². The third-order valence-corrected chi connectivity index (χ3v) is 5.91. The second kappa shape index (κ2) is 6.69. The van der Waals surface area contributed by atoms with Gasteiger partial charge in [-0.3, -0.25) is 4.98 Å². The minimum Gasteiger partial charge on any atom is -0.309 e. The van der Waals surface area contributed by atoms with Crippen LogP contribution in [-0.2, 0) is 0 Å². The second-order valence-electron chi connectivity index (χ2n) is 5.27. The van der Waals surface area contributed by atoms with Crippen molar-refractivity contribution in [1.82, 2.24) is 10.3 Å². The molecule has 21 heavy (non-hydrogen) atoms. The van der Waals surface area contributed by atoms with E-state index in [0.717, 1.165) is 18.7 Å². The highest BCUT2D eigenvalue weighted by molar-refractivity contribution is 7.26. The van der Waals surface area contributed by atoms with Gasteiger partial charge in [0.05, 0.1) is 0 Å². The van der Waals surface area contributed by atoms with Crippen molar-refractivity contribution in [3.63, 3.8) is 0 Å². The predicted octanol–water partition coefficient (Wildman–Crippen LogP) is 5.20. The Morgan fingerprint density at radius 1 is 1.24 bits per heavy atom. The average molecular weight is 316 g/mol. The van der Waals surface area contributed by atoms with E-state index >= 15 is 0 Å². The van der Waals surface area contributed by atoms with E-state index in [-0.39, 0.29) is 0 Å². The van der Waals surface area contributed by atoms with Gasteiger partial charge in [0.25, 0.3) is 0 Å². The van der Waals surface area contributed by atoms with Gasteiger partial charge in [-0.05, 0) is 42.6 Å². The number of hydrogen-bond donors (Lipinski definition) is 1. The minimum atomic E-state index is 0.337. The predicted molar refractivity (Wildman–Crippen MR) is 93.4 cm³/mol. The summed E-state index contributed by atoms with van der Waals surface area (Å²) in [5.41, 5.74) is 1.16. The van der Waals surface area contributed by atoms with Gasteiger partial charge in [-0.1, -0.05) is 19.9 Å². The van der Waals surface area contributed by atoms with Crippen molar-refractivity contribution in [2.45, 2.75) is 32.2 Å². The Morgan fingerprint density at radius 2 is 2.14 bits per heavy atom. The fraction of sp³-hybridized carbons (Fsp3) is 0.353. The second-order valence-corrected chi connectivity index (χ2v) is 7.34. The number of hydrogen-bond acceptors (Lipinski definition) is 4. The van der Waals surface area contributed by atoms with Crippen molar-refractivity contribution >= 4 is 32.1 Å². The fourth-order valence-corrected chi connectivity index (χ4v) is 4.88. The van der Waals surface area contributed by atoms with Crippen LogP contribution in [-0.4, -0.2) is 11.5 Å². The molecule has 110 valence electrons. The molecule has 0 radical (unpaired) electrons. The van der Waals surface area contributed by atoms with Gasteiger partial charge in [-0.25, -0.2) is 0 Å².